The molecule has 27 heavy (non-hydrogen) atoms. The van der Waals surface area contributed by atoms with Crippen LogP contribution in [0.15, 0.2) is 11.6 Å². The van der Waals surface area contributed by atoms with Crippen molar-refractivity contribution in [2.45, 2.75) is 88.5 Å². The lowest BCUT2D eigenvalue weighted by Crippen LogP contribution is -2.57. The van der Waals surface area contributed by atoms with Gasteiger partial charge in [-0.3, -0.25) is 9.59 Å². The van der Waals surface area contributed by atoms with Gasteiger partial charge in [-0.25, -0.2) is 0 Å². The van der Waals surface area contributed by atoms with E-state index in [0.29, 0.717) is 18.4 Å². The summed E-state index contributed by atoms with van der Waals surface area (Å²) in [6, 6.07) is 0. The van der Waals surface area contributed by atoms with Gasteiger partial charge in [0.25, 0.3) is 5.91 Å². The maximum absolute atomic E-state index is 13.0. The Kier molecular flexibility index (Phi) is 5.30. The zero-order chi connectivity index (χ0) is 19.1. The van der Waals surface area contributed by atoms with Crippen LogP contribution in [0.3, 0.4) is 0 Å². The third kappa shape index (κ3) is 4.06. The Bertz CT molecular complexity index is 629. The summed E-state index contributed by atoms with van der Waals surface area (Å²) in [6.45, 7) is 2.30. The minimum Gasteiger partial charge on any atom is -0.452 e. The highest BCUT2D eigenvalue weighted by Crippen LogP contribution is 2.64. The lowest BCUT2D eigenvalue weighted by Gasteiger charge is -2.58. The Hall–Kier alpha value is -1.03. The second kappa shape index (κ2) is 7.42. The van der Waals surface area contributed by atoms with Gasteiger partial charge in [-0.15, -0.1) is 11.6 Å². The maximum Gasteiger partial charge on any atom is 0.312 e. The minimum absolute atomic E-state index is 0.190. The van der Waals surface area contributed by atoms with Crippen molar-refractivity contribution in [1.82, 2.24) is 5.32 Å². The number of halogens is 1. The summed E-state index contributed by atoms with van der Waals surface area (Å²) >= 11 is 6.81. The van der Waals surface area contributed by atoms with E-state index < -0.39 is 11.5 Å². The molecule has 5 aliphatic rings. The van der Waals surface area contributed by atoms with Crippen LogP contribution in [0.5, 0.6) is 0 Å². The number of nitrogens with one attached hydrogen (secondary N) is 1. The normalized spacial score (nSPS) is 38.2. The summed E-state index contributed by atoms with van der Waals surface area (Å²) < 4.78 is 5.66. The van der Waals surface area contributed by atoms with E-state index in [1.165, 1.54) is 24.8 Å². The number of allylic oxidation sites excluding steroid dienone is 1. The molecule has 0 aromatic rings. The first-order valence-electron chi connectivity index (χ1n) is 10.7. The molecular weight excluding hydrogens is 362 g/mol. The van der Waals surface area contributed by atoms with Gasteiger partial charge in [-0.2, -0.15) is 0 Å². The lowest BCUT2D eigenvalue weighted by molar-refractivity contribution is -0.177. The van der Waals surface area contributed by atoms with Gasteiger partial charge in [0, 0.05) is 11.4 Å². The van der Waals surface area contributed by atoms with Crippen molar-refractivity contribution >= 4 is 23.5 Å². The molecule has 0 aromatic carbocycles. The van der Waals surface area contributed by atoms with Crippen LogP contribution in [0.2, 0.25) is 0 Å². The first-order valence-corrected chi connectivity index (χ1v) is 11.1. The van der Waals surface area contributed by atoms with Gasteiger partial charge in [0.2, 0.25) is 0 Å². The van der Waals surface area contributed by atoms with E-state index >= 15 is 0 Å². The summed E-state index contributed by atoms with van der Waals surface area (Å²) in [5.74, 6) is 0.706. The van der Waals surface area contributed by atoms with E-state index in [9.17, 15) is 9.59 Å². The Balaban J connectivity index is 1.28. The van der Waals surface area contributed by atoms with Crippen molar-refractivity contribution < 1.29 is 14.3 Å². The van der Waals surface area contributed by atoms with Crippen LogP contribution in [-0.4, -0.2) is 29.4 Å². The van der Waals surface area contributed by atoms with Crippen molar-refractivity contribution in [3.05, 3.63) is 11.6 Å². The first-order chi connectivity index (χ1) is 12.9. The van der Waals surface area contributed by atoms with Gasteiger partial charge < -0.3 is 10.1 Å². The third-order valence-electron chi connectivity index (χ3n) is 7.21. The molecule has 4 nitrogen and oxygen atoms in total. The topological polar surface area (TPSA) is 55.4 Å². The molecule has 4 saturated carbocycles. The largest absolute Gasteiger partial charge is 0.452 e. The Morgan fingerprint density at radius 3 is 2.63 bits per heavy atom. The molecule has 5 atom stereocenters. The predicted molar refractivity (Wildman–Crippen MR) is 105 cm³/mol. The smallest absolute Gasteiger partial charge is 0.312 e. The quantitative estimate of drug-likeness (QED) is 0.410. The van der Waals surface area contributed by atoms with Crippen LogP contribution in [0.1, 0.15) is 77.6 Å². The van der Waals surface area contributed by atoms with Gasteiger partial charge in [0.05, 0.1) is 5.41 Å². The first kappa shape index (κ1) is 19.3. The van der Waals surface area contributed by atoms with E-state index in [-0.39, 0.29) is 16.8 Å². The van der Waals surface area contributed by atoms with Gasteiger partial charge >= 0.3 is 5.97 Å². The second-order valence-corrected chi connectivity index (χ2v) is 10.4. The van der Waals surface area contributed by atoms with E-state index in [4.69, 9.17) is 16.3 Å². The molecule has 0 radical (unpaired) electrons. The highest BCUT2D eigenvalue weighted by Gasteiger charge is 2.61. The molecule has 5 aliphatic carbocycles. The summed E-state index contributed by atoms with van der Waals surface area (Å²) in [6.07, 6.45) is 13.0. The zero-order valence-corrected chi connectivity index (χ0v) is 17.2. The molecule has 4 fully saturated rings. The highest BCUT2D eigenvalue weighted by atomic mass is 35.5. The van der Waals surface area contributed by atoms with Crippen molar-refractivity contribution in [3.8, 4) is 0 Å². The van der Waals surface area contributed by atoms with Crippen molar-refractivity contribution in [1.29, 1.82) is 0 Å². The molecule has 1 N–H and O–H groups in total. The third-order valence-corrected chi connectivity index (χ3v) is 7.65. The SMILES string of the molecule is C[C@@H](OC(=O)C12C[C@@H]3C[C@@H](CC(Cl)(C3)C1)C2)C(=O)NCCC1=CCCCC1. The van der Waals surface area contributed by atoms with E-state index in [0.717, 1.165) is 51.4 Å². The fraction of sp³-hybridized carbons (Fsp3) is 0.818. The highest BCUT2D eigenvalue weighted by molar-refractivity contribution is 6.24. The number of carbonyl (C=O) groups excluding carboxylic acids is 2. The Labute approximate surface area is 167 Å². The fourth-order valence-electron chi connectivity index (χ4n) is 6.35. The standard InChI is InChI=1S/C22H32ClNO3/c1-15(19(25)24-8-7-16-5-3-2-4-6-16)27-20(26)21-10-17-9-18(11-21)13-22(23,12-17)14-21/h5,15,17-18H,2-4,6-14H2,1H3,(H,24,25)/t15-,17-,18+,21?,22?/m1/s1. The molecule has 4 bridgehead atoms. The number of esters is 1. The number of alkyl halides is 1. The fourth-order valence-corrected chi connectivity index (χ4v) is 7.04. The van der Waals surface area contributed by atoms with Crippen LogP contribution in [0, 0.1) is 17.3 Å². The molecule has 0 spiro atoms. The van der Waals surface area contributed by atoms with Gasteiger partial charge in [-0.05, 0) is 89.4 Å². The van der Waals surface area contributed by atoms with E-state index in [1.54, 1.807) is 6.92 Å². The van der Waals surface area contributed by atoms with Gasteiger partial charge in [0.1, 0.15) is 0 Å². The van der Waals surface area contributed by atoms with E-state index in [1.807, 2.05) is 0 Å². The Morgan fingerprint density at radius 1 is 1.26 bits per heavy atom. The average molecular weight is 394 g/mol. The number of ether oxygens (including phenoxy) is 1. The molecule has 150 valence electrons. The second-order valence-electron chi connectivity index (χ2n) is 9.59. The van der Waals surface area contributed by atoms with Crippen LogP contribution in [0.4, 0.5) is 0 Å². The van der Waals surface area contributed by atoms with Crippen LogP contribution >= 0.6 is 11.6 Å². The predicted octanol–water partition coefficient (Wildman–Crippen LogP) is 4.50. The molecule has 2 unspecified atom stereocenters. The molecular formula is C22H32ClNO3. The van der Waals surface area contributed by atoms with Crippen LogP contribution < -0.4 is 5.32 Å². The molecule has 0 aliphatic heterocycles. The molecule has 1 amide bonds. The number of rotatable bonds is 6. The number of carbonyl (C=O) groups is 2. The van der Waals surface area contributed by atoms with Crippen LogP contribution in [0.25, 0.3) is 0 Å². The maximum atomic E-state index is 13.0. The van der Waals surface area contributed by atoms with Crippen LogP contribution in [-0.2, 0) is 14.3 Å². The Morgan fingerprint density at radius 2 is 2.00 bits per heavy atom. The molecule has 0 saturated heterocycles. The van der Waals surface area contributed by atoms with Crippen molar-refractivity contribution in [2.75, 3.05) is 6.54 Å². The van der Waals surface area contributed by atoms with E-state index in [2.05, 4.69) is 11.4 Å². The van der Waals surface area contributed by atoms with Crippen molar-refractivity contribution in [2.24, 2.45) is 17.3 Å². The molecule has 5 heteroatoms. The van der Waals surface area contributed by atoms with Gasteiger partial charge in [0.15, 0.2) is 6.10 Å². The number of hydrogen-bond acceptors (Lipinski definition) is 3. The molecule has 5 rings (SSSR count). The zero-order valence-electron chi connectivity index (χ0n) is 16.4. The summed E-state index contributed by atoms with van der Waals surface area (Å²) in [4.78, 5) is 25.2. The average Bonchev–Trinajstić information content (AvgIpc) is 2.60. The lowest BCUT2D eigenvalue weighted by atomic mass is 9.49. The monoisotopic (exact) mass is 393 g/mol. The molecule has 0 heterocycles. The minimum atomic E-state index is -0.739. The number of hydrogen-bond donors (Lipinski definition) is 1. The summed E-state index contributed by atoms with van der Waals surface area (Å²) in [5.41, 5.74) is 0.986. The molecule has 0 aromatic heterocycles. The van der Waals surface area contributed by atoms with Crippen molar-refractivity contribution in [3.63, 3.8) is 0 Å². The number of amides is 1. The summed E-state index contributed by atoms with van der Waals surface area (Å²) in [5, 5.41) is 2.93. The van der Waals surface area contributed by atoms with Gasteiger partial charge in [-0.1, -0.05) is 11.6 Å². The summed E-state index contributed by atoms with van der Waals surface area (Å²) in [7, 11) is 0.